The minimum absolute atomic E-state index is 0.112. The van der Waals surface area contributed by atoms with Crippen LogP contribution in [0.25, 0.3) is 0 Å². The van der Waals surface area contributed by atoms with E-state index in [4.69, 9.17) is 0 Å². The molecule has 96 valence electrons. The van der Waals surface area contributed by atoms with Crippen LogP contribution in [-0.4, -0.2) is 14.9 Å². The quantitative estimate of drug-likeness (QED) is 0.875. The molecule has 17 heavy (non-hydrogen) atoms. The summed E-state index contributed by atoms with van der Waals surface area (Å²) in [6, 6.07) is 0.549. The van der Waals surface area contributed by atoms with E-state index in [-0.39, 0.29) is 6.61 Å². The van der Waals surface area contributed by atoms with Crippen molar-refractivity contribution in [3.05, 3.63) is 17.0 Å². The summed E-state index contributed by atoms with van der Waals surface area (Å²) in [6.07, 6.45) is 6.48. The van der Waals surface area contributed by atoms with Crippen LogP contribution in [0, 0.1) is 19.8 Å². The van der Waals surface area contributed by atoms with Gasteiger partial charge in [0, 0.05) is 11.3 Å². The van der Waals surface area contributed by atoms with Gasteiger partial charge in [-0.05, 0) is 32.6 Å². The molecule has 1 aliphatic carbocycles. The number of nitrogens with zero attached hydrogens (tertiary/aromatic N) is 2. The molecule has 3 nitrogen and oxygen atoms in total. The molecular formula is C14H24N2O. The zero-order valence-corrected chi connectivity index (χ0v) is 11.2. The highest BCUT2D eigenvalue weighted by Gasteiger charge is 2.27. The summed E-state index contributed by atoms with van der Waals surface area (Å²) < 4.78 is 2.19. The molecule has 3 heteroatoms. The van der Waals surface area contributed by atoms with Crippen molar-refractivity contribution in [2.45, 2.75) is 65.5 Å². The molecule has 0 aromatic carbocycles. The van der Waals surface area contributed by atoms with Gasteiger partial charge in [-0.25, -0.2) is 0 Å². The molecule has 2 unspecified atom stereocenters. The molecule has 1 heterocycles. The first kappa shape index (κ1) is 12.6. The first-order chi connectivity index (χ1) is 8.19. The zero-order valence-electron chi connectivity index (χ0n) is 11.2. The summed E-state index contributed by atoms with van der Waals surface area (Å²) in [6.45, 7) is 6.48. The zero-order chi connectivity index (χ0) is 12.4. The van der Waals surface area contributed by atoms with Crippen molar-refractivity contribution in [2.75, 3.05) is 0 Å². The van der Waals surface area contributed by atoms with Crippen LogP contribution in [-0.2, 0) is 6.61 Å². The normalized spacial score (nSPS) is 25.2. The second-order valence-corrected chi connectivity index (χ2v) is 5.27. The number of aryl methyl sites for hydroxylation is 1. The molecule has 2 atom stereocenters. The number of rotatable bonds is 3. The third kappa shape index (κ3) is 2.25. The van der Waals surface area contributed by atoms with Crippen molar-refractivity contribution < 1.29 is 5.11 Å². The fourth-order valence-electron chi connectivity index (χ4n) is 3.24. The highest BCUT2D eigenvalue weighted by molar-refractivity contribution is 5.24. The van der Waals surface area contributed by atoms with Gasteiger partial charge in [0.2, 0.25) is 0 Å². The molecular weight excluding hydrogens is 212 g/mol. The molecule has 2 rings (SSSR count). The third-order valence-corrected chi connectivity index (χ3v) is 4.34. The Labute approximate surface area is 104 Å². The maximum absolute atomic E-state index is 9.38. The van der Waals surface area contributed by atoms with Crippen LogP contribution >= 0.6 is 0 Å². The van der Waals surface area contributed by atoms with Crippen LogP contribution in [0.3, 0.4) is 0 Å². The van der Waals surface area contributed by atoms with Gasteiger partial charge in [-0.15, -0.1) is 0 Å². The fourth-order valence-corrected chi connectivity index (χ4v) is 3.24. The van der Waals surface area contributed by atoms with Crippen LogP contribution in [0.1, 0.15) is 62.0 Å². The van der Waals surface area contributed by atoms with E-state index in [0.717, 1.165) is 22.9 Å². The monoisotopic (exact) mass is 236 g/mol. The van der Waals surface area contributed by atoms with E-state index in [1.165, 1.54) is 32.1 Å². The summed E-state index contributed by atoms with van der Waals surface area (Å²) >= 11 is 0. The SMILES string of the molecule is CCC1CCCCC1n1nc(C)c(CO)c1C. The number of aliphatic hydroxyl groups excluding tert-OH is 1. The van der Waals surface area contributed by atoms with Crippen LogP contribution in [0.4, 0.5) is 0 Å². The predicted octanol–water partition coefficient (Wildman–Crippen LogP) is 3.13. The summed E-state index contributed by atoms with van der Waals surface area (Å²) in [4.78, 5) is 0. The molecule has 0 bridgehead atoms. The molecule has 0 spiro atoms. The predicted molar refractivity (Wildman–Crippen MR) is 68.9 cm³/mol. The van der Waals surface area contributed by atoms with Gasteiger partial charge < -0.3 is 5.11 Å². The van der Waals surface area contributed by atoms with Crippen LogP contribution in [0.2, 0.25) is 0 Å². The highest BCUT2D eigenvalue weighted by Crippen LogP contribution is 2.36. The van der Waals surface area contributed by atoms with Crippen molar-refractivity contribution in [1.29, 1.82) is 0 Å². The lowest BCUT2D eigenvalue weighted by atomic mass is 9.83. The maximum Gasteiger partial charge on any atom is 0.0718 e. The van der Waals surface area contributed by atoms with Gasteiger partial charge in [0.05, 0.1) is 18.3 Å². The standard InChI is InChI=1S/C14H24N2O/c1-4-12-7-5-6-8-14(12)16-11(3)13(9-17)10(2)15-16/h12,14,17H,4-9H2,1-3H3. The van der Waals surface area contributed by atoms with Crippen LogP contribution in [0.15, 0.2) is 0 Å². The van der Waals surface area contributed by atoms with Crippen molar-refractivity contribution in [1.82, 2.24) is 9.78 Å². The highest BCUT2D eigenvalue weighted by atomic mass is 16.3. The van der Waals surface area contributed by atoms with Gasteiger partial charge in [-0.3, -0.25) is 4.68 Å². The molecule has 1 aliphatic rings. The minimum atomic E-state index is 0.112. The van der Waals surface area contributed by atoms with Crippen LogP contribution in [0.5, 0.6) is 0 Å². The Morgan fingerprint density at radius 1 is 1.29 bits per heavy atom. The van der Waals surface area contributed by atoms with Gasteiger partial charge >= 0.3 is 0 Å². The average molecular weight is 236 g/mol. The molecule has 0 saturated heterocycles. The van der Waals surface area contributed by atoms with Crippen molar-refractivity contribution >= 4 is 0 Å². The van der Waals surface area contributed by atoms with Gasteiger partial charge in [-0.2, -0.15) is 5.10 Å². The Kier molecular flexibility index (Phi) is 3.87. The molecule has 1 aromatic rings. The molecule has 1 aromatic heterocycles. The lowest BCUT2D eigenvalue weighted by Crippen LogP contribution is -2.24. The van der Waals surface area contributed by atoms with Gasteiger partial charge in [-0.1, -0.05) is 26.2 Å². The third-order valence-electron chi connectivity index (χ3n) is 4.34. The Balaban J connectivity index is 2.31. The van der Waals surface area contributed by atoms with Gasteiger partial charge in [0.15, 0.2) is 0 Å². The van der Waals surface area contributed by atoms with Crippen molar-refractivity contribution in [2.24, 2.45) is 5.92 Å². The van der Waals surface area contributed by atoms with E-state index >= 15 is 0 Å². The number of hydrogen-bond acceptors (Lipinski definition) is 2. The molecule has 1 saturated carbocycles. The average Bonchev–Trinajstić information content (AvgIpc) is 2.64. The summed E-state index contributed by atoms with van der Waals surface area (Å²) in [5.41, 5.74) is 3.17. The second-order valence-electron chi connectivity index (χ2n) is 5.27. The molecule has 1 fully saturated rings. The summed E-state index contributed by atoms with van der Waals surface area (Å²) in [5.74, 6) is 0.758. The van der Waals surface area contributed by atoms with Crippen molar-refractivity contribution in [3.63, 3.8) is 0 Å². The van der Waals surface area contributed by atoms with E-state index in [0.29, 0.717) is 6.04 Å². The Morgan fingerprint density at radius 2 is 2.00 bits per heavy atom. The van der Waals surface area contributed by atoms with Gasteiger partial charge in [0.1, 0.15) is 0 Å². The van der Waals surface area contributed by atoms with Gasteiger partial charge in [0.25, 0.3) is 0 Å². The maximum atomic E-state index is 9.38. The Hall–Kier alpha value is -0.830. The summed E-state index contributed by atoms with van der Waals surface area (Å²) in [5, 5.41) is 14.0. The largest absolute Gasteiger partial charge is 0.392 e. The number of hydrogen-bond donors (Lipinski definition) is 1. The van der Waals surface area contributed by atoms with E-state index in [2.05, 4.69) is 23.6 Å². The smallest absolute Gasteiger partial charge is 0.0718 e. The fraction of sp³-hybridized carbons (Fsp3) is 0.786. The lowest BCUT2D eigenvalue weighted by molar-refractivity contribution is 0.213. The van der Waals surface area contributed by atoms with E-state index < -0.39 is 0 Å². The van der Waals surface area contributed by atoms with E-state index in [9.17, 15) is 5.11 Å². The lowest BCUT2D eigenvalue weighted by Gasteiger charge is -2.32. The van der Waals surface area contributed by atoms with E-state index in [1.54, 1.807) is 0 Å². The van der Waals surface area contributed by atoms with Crippen LogP contribution < -0.4 is 0 Å². The number of aromatic nitrogens is 2. The molecule has 0 aliphatic heterocycles. The first-order valence-corrected chi connectivity index (χ1v) is 6.84. The minimum Gasteiger partial charge on any atom is -0.392 e. The van der Waals surface area contributed by atoms with Crippen molar-refractivity contribution in [3.8, 4) is 0 Å². The Bertz CT molecular complexity index is 384. The van der Waals surface area contributed by atoms with E-state index in [1.807, 2.05) is 6.92 Å². The Morgan fingerprint density at radius 3 is 2.59 bits per heavy atom. The second kappa shape index (κ2) is 5.21. The summed E-state index contributed by atoms with van der Waals surface area (Å²) in [7, 11) is 0. The molecule has 1 N–H and O–H groups in total. The first-order valence-electron chi connectivity index (χ1n) is 6.84. The molecule has 0 radical (unpaired) electrons. The molecule has 0 amide bonds. The number of aliphatic hydroxyl groups is 1. The topological polar surface area (TPSA) is 38.0 Å².